The van der Waals surface area contributed by atoms with Crippen molar-refractivity contribution in [2.45, 2.75) is 42.7 Å². The lowest BCUT2D eigenvalue weighted by Crippen LogP contribution is -2.60. The zero-order valence-corrected chi connectivity index (χ0v) is 21.9. The van der Waals surface area contributed by atoms with Crippen LogP contribution in [0.3, 0.4) is 0 Å². The number of aryl methyl sites for hydroxylation is 1. The lowest BCUT2D eigenvalue weighted by molar-refractivity contribution is -0.147. The Morgan fingerprint density at radius 1 is 1.26 bits per heavy atom. The Morgan fingerprint density at radius 2 is 2.05 bits per heavy atom. The number of fused-ring (bicyclic) bond motifs is 2. The first-order valence-electron chi connectivity index (χ1n) is 11.6. The maximum absolute atomic E-state index is 15.1. The highest BCUT2D eigenvalue weighted by molar-refractivity contribution is 7.94. The van der Waals surface area contributed by atoms with E-state index in [1.165, 1.54) is 4.57 Å². The van der Waals surface area contributed by atoms with Crippen molar-refractivity contribution >= 4 is 49.6 Å². The van der Waals surface area contributed by atoms with Crippen LogP contribution in [0.2, 0.25) is 0 Å². The van der Waals surface area contributed by atoms with Crippen LogP contribution >= 0.6 is 23.3 Å². The minimum Gasteiger partial charge on any atom is -0.408 e. The lowest BCUT2D eigenvalue weighted by Gasteiger charge is -2.45. The zero-order valence-electron chi connectivity index (χ0n) is 19.5. The van der Waals surface area contributed by atoms with Gasteiger partial charge in [0.25, 0.3) is 15.9 Å². The van der Waals surface area contributed by atoms with Crippen LogP contribution in [0.5, 0.6) is 0 Å². The standard InChI is InChI=1S/C23H19ClF3N5O4S2/c24-32(21-28-12-29-37-21)38(34,35)20-8-19-18(7-17(20)25)31(22(33)36-19)9-14-3-1-2-13-4-5-15(6-16(13)14)30-10-23(26,27)11-30/h1-3,7-8,12,15H,4-6,9-11H2. The van der Waals surface area contributed by atoms with E-state index in [0.29, 0.717) is 18.0 Å². The molecule has 200 valence electrons. The van der Waals surface area contributed by atoms with E-state index >= 15 is 4.39 Å². The summed E-state index contributed by atoms with van der Waals surface area (Å²) in [6.07, 6.45) is 3.14. The van der Waals surface area contributed by atoms with Gasteiger partial charge in [0.05, 0.1) is 25.2 Å². The molecule has 0 amide bonds. The SMILES string of the molecule is O=c1oc2cc(S(=O)(=O)N(Cl)c3ncns3)c(F)cc2n1Cc1cccc2c1CC(N1CC(F)(F)C1)CC2. The van der Waals surface area contributed by atoms with Gasteiger partial charge in [-0.15, -0.1) is 3.82 Å². The highest BCUT2D eigenvalue weighted by atomic mass is 35.5. The summed E-state index contributed by atoms with van der Waals surface area (Å²) in [6, 6.07) is 7.46. The maximum atomic E-state index is 15.1. The van der Waals surface area contributed by atoms with Crippen LogP contribution in [0.1, 0.15) is 23.1 Å². The molecule has 4 aromatic rings. The van der Waals surface area contributed by atoms with Crippen molar-refractivity contribution < 1.29 is 26.0 Å². The van der Waals surface area contributed by atoms with Crippen molar-refractivity contribution in [3.8, 4) is 0 Å². The van der Waals surface area contributed by atoms with Gasteiger partial charge < -0.3 is 4.42 Å². The number of sulfonamides is 1. The molecule has 1 aliphatic heterocycles. The monoisotopic (exact) mass is 585 g/mol. The number of anilines is 1. The molecule has 0 N–H and O–H groups in total. The summed E-state index contributed by atoms with van der Waals surface area (Å²) >= 11 is 6.62. The summed E-state index contributed by atoms with van der Waals surface area (Å²) in [5, 5.41) is -0.181. The van der Waals surface area contributed by atoms with Gasteiger partial charge in [0.2, 0.25) is 5.13 Å². The number of oxazole rings is 1. The third kappa shape index (κ3) is 4.28. The Morgan fingerprint density at radius 3 is 2.76 bits per heavy atom. The predicted molar refractivity (Wildman–Crippen MR) is 134 cm³/mol. The van der Waals surface area contributed by atoms with Crippen molar-refractivity contribution in [3.63, 3.8) is 0 Å². The smallest absolute Gasteiger partial charge is 0.408 e. The molecule has 0 spiro atoms. The molecule has 38 heavy (non-hydrogen) atoms. The Bertz CT molecular complexity index is 1700. The second-order valence-corrected chi connectivity index (χ2v) is 12.4. The van der Waals surface area contributed by atoms with E-state index in [4.69, 9.17) is 16.2 Å². The molecule has 0 bridgehead atoms. The molecule has 15 heteroatoms. The molecule has 1 atom stereocenters. The minimum atomic E-state index is -4.58. The number of likely N-dealkylation sites (tertiary alicyclic amines) is 1. The van der Waals surface area contributed by atoms with E-state index in [1.807, 2.05) is 18.2 Å². The van der Waals surface area contributed by atoms with Crippen LogP contribution in [-0.4, -0.2) is 52.3 Å². The molecule has 6 rings (SSSR count). The van der Waals surface area contributed by atoms with E-state index in [9.17, 15) is 22.0 Å². The molecule has 0 radical (unpaired) electrons. The average molecular weight is 586 g/mol. The van der Waals surface area contributed by atoms with Gasteiger partial charge in [-0.1, -0.05) is 18.2 Å². The number of nitrogens with zero attached hydrogens (tertiary/aromatic N) is 5. The number of benzene rings is 2. The number of hydrogen-bond acceptors (Lipinski definition) is 8. The fraction of sp³-hybridized carbons (Fsp3) is 0.348. The quantitative estimate of drug-likeness (QED) is 0.317. The average Bonchev–Trinajstić information content (AvgIpc) is 3.50. The minimum absolute atomic E-state index is 0.0298. The van der Waals surface area contributed by atoms with Crippen molar-refractivity contribution in [1.82, 2.24) is 18.8 Å². The van der Waals surface area contributed by atoms with Crippen molar-refractivity contribution in [2.24, 2.45) is 0 Å². The number of aromatic nitrogens is 3. The Labute approximate surface area is 223 Å². The molecule has 1 fully saturated rings. The summed E-state index contributed by atoms with van der Waals surface area (Å²) in [4.78, 5) is 17.5. The summed E-state index contributed by atoms with van der Waals surface area (Å²) in [5.41, 5.74) is 2.75. The van der Waals surface area contributed by atoms with Gasteiger partial charge in [-0.2, -0.15) is 12.8 Å². The molecule has 1 aliphatic carbocycles. The largest absolute Gasteiger partial charge is 0.420 e. The number of alkyl halides is 2. The molecule has 2 aromatic heterocycles. The van der Waals surface area contributed by atoms with Gasteiger partial charge >= 0.3 is 5.76 Å². The fourth-order valence-electron chi connectivity index (χ4n) is 5.13. The highest BCUT2D eigenvalue weighted by Crippen LogP contribution is 2.35. The number of halogens is 4. The Kier molecular flexibility index (Phi) is 6.05. The van der Waals surface area contributed by atoms with Crippen LogP contribution in [0.25, 0.3) is 11.1 Å². The third-order valence-electron chi connectivity index (χ3n) is 6.98. The third-order valence-corrected chi connectivity index (χ3v) is 10.0. The van der Waals surface area contributed by atoms with Crippen LogP contribution in [0, 0.1) is 5.82 Å². The van der Waals surface area contributed by atoms with Crippen molar-refractivity contribution in [2.75, 3.05) is 16.9 Å². The predicted octanol–water partition coefficient (Wildman–Crippen LogP) is 3.79. The van der Waals surface area contributed by atoms with Crippen LogP contribution in [0.15, 0.2) is 50.8 Å². The number of rotatable bonds is 6. The van der Waals surface area contributed by atoms with E-state index in [2.05, 4.69) is 9.36 Å². The van der Waals surface area contributed by atoms with E-state index in [-0.39, 0.29) is 45.7 Å². The second kappa shape index (κ2) is 9.07. The zero-order chi connectivity index (χ0) is 26.8. The first-order valence-corrected chi connectivity index (χ1v) is 14.1. The van der Waals surface area contributed by atoms with Crippen LogP contribution in [-0.2, 0) is 29.4 Å². The molecule has 0 saturated carbocycles. The van der Waals surface area contributed by atoms with Crippen molar-refractivity contribution in [1.29, 1.82) is 0 Å². The number of hydrogen-bond donors (Lipinski definition) is 0. The summed E-state index contributed by atoms with van der Waals surface area (Å²) in [7, 11) is -4.58. The Hall–Kier alpha value is -2.94. The second-order valence-electron chi connectivity index (χ2n) is 9.36. The Balaban J connectivity index is 1.33. The maximum Gasteiger partial charge on any atom is 0.420 e. The molecule has 1 unspecified atom stereocenters. The van der Waals surface area contributed by atoms with Gasteiger partial charge in [-0.25, -0.2) is 22.9 Å². The summed E-state index contributed by atoms with van der Waals surface area (Å²) in [6.45, 7) is -0.482. The van der Waals surface area contributed by atoms with Crippen LogP contribution in [0.4, 0.5) is 18.3 Å². The highest BCUT2D eigenvalue weighted by Gasteiger charge is 2.47. The molecule has 2 aromatic carbocycles. The van der Waals surface area contributed by atoms with Gasteiger partial charge in [0.15, 0.2) is 5.58 Å². The van der Waals surface area contributed by atoms with Gasteiger partial charge in [0, 0.05) is 41.5 Å². The topological polar surface area (TPSA) is 102 Å². The molecule has 2 aliphatic rings. The molecular formula is C23H19ClF3N5O4S2. The molecule has 9 nitrogen and oxygen atoms in total. The van der Waals surface area contributed by atoms with E-state index in [0.717, 1.165) is 48.0 Å². The lowest BCUT2D eigenvalue weighted by atomic mass is 9.83. The first kappa shape index (κ1) is 25.3. The van der Waals surface area contributed by atoms with E-state index in [1.54, 1.807) is 4.90 Å². The summed E-state index contributed by atoms with van der Waals surface area (Å²) in [5.74, 6) is -4.58. The normalized spacial score (nSPS) is 19.3. The van der Waals surface area contributed by atoms with Crippen molar-refractivity contribution in [3.05, 3.63) is 69.7 Å². The first-order chi connectivity index (χ1) is 18.0. The van der Waals surface area contributed by atoms with Gasteiger partial charge in [-0.3, -0.25) is 9.47 Å². The van der Waals surface area contributed by atoms with E-state index < -0.39 is 32.4 Å². The molecule has 3 heterocycles. The molecule has 1 saturated heterocycles. The van der Waals surface area contributed by atoms with Gasteiger partial charge in [0.1, 0.15) is 17.0 Å². The fourth-order valence-corrected chi connectivity index (χ4v) is 7.21. The van der Waals surface area contributed by atoms with Gasteiger partial charge in [-0.05, 0) is 36.0 Å². The molecular weight excluding hydrogens is 567 g/mol. The van der Waals surface area contributed by atoms with Crippen LogP contribution < -0.4 is 9.58 Å². The summed E-state index contributed by atoms with van der Waals surface area (Å²) < 4.78 is 78.3.